The van der Waals surface area contributed by atoms with Crippen molar-refractivity contribution in [3.63, 3.8) is 0 Å². The molecule has 19 heavy (non-hydrogen) atoms. The molecule has 0 amide bonds. The number of anilines is 1. The van der Waals surface area contributed by atoms with Crippen LogP contribution in [0.3, 0.4) is 0 Å². The van der Waals surface area contributed by atoms with Crippen molar-refractivity contribution < 1.29 is 18.3 Å². The molecule has 0 radical (unpaired) electrons. The molecule has 7 heteroatoms. The largest absolute Gasteiger partial charge is 0.478 e. The van der Waals surface area contributed by atoms with Gasteiger partial charge in [0.05, 0.1) is 11.3 Å². The first-order chi connectivity index (χ1) is 8.73. The molecule has 0 unspecified atom stereocenters. The molecule has 4 N–H and O–H groups in total. The normalized spacial score (nSPS) is 17.1. The molecule has 0 spiro atoms. The van der Waals surface area contributed by atoms with Gasteiger partial charge in [-0.1, -0.05) is 6.92 Å². The smallest absolute Gasteiger partial charge is 0.335 e. The lowest BCUT2D eigenvalue weighted by Crippen LogP contribution is -2.29. The van der Waals surface area contributed by atoms with Crippen LogP contribution in [0.4, 0.5) is 5.69 Å². The molecule has 0 bridgehead atoms. The molecule has 0 heterocycles. The summed E-state index contributed by atoms with van der Waals surface area (Å²) in [6.45, 7) is 2.38. The lowest BCUT2D eigenvalue weighted by atomic mass is 10.2. The van der Waals surface area contributed by atoms with Gasteiger partial charge in [-0.3, -0.25) is 0 Å². The topological polar surface area (TPSA) is 109 Å². The maximum Gasteiger partial charge on any atom is 0.335 e. The van der Waals surface area contributed by atoms with Gasteiger partial charge in [0.25, 0.3) is 0 Å². The number of carboxylic acid groups (broad SMARTS) is 1. The van der Waals surface area contributed by atoms with Crippen LogP contribution >= 0.6 is 0 Å². The summed E-state index contributed by atoms with van der Waals surface area (Å²) >= 11 is 0. The average Bonchev–Trinajstić information content (AvgIpc) is 3.05. The van der Waals surface area contributed by atoms with Crippen LogP contribution in [0.25, 0.3) is 0 Å². The van der Waals surface area contributed by atoms with Crippen molar-refractivity contribution in [1.82, 2.24) is 4.72 Å². The van der Waals surface area contributed by atoms with E-state index in [9.17, 15) is 13.2 Å². The van der Waals surface area contributed by atoms with Gasteiger partial charge >= 0.3 is 5.97 Å². The summed E-state index contributed by atoms with van der Waals surface area (Å²) in [5.41, 5.74) is 5.56. The van der Waals surface area contributed by atoms with Gasteiger partial charge in [-0.15, -0.1) is 0 Å². The van der Waals surface area contributed by atoms with Crippen LogP contribution in [0.2, 0.25) is 0 Å². The summed E-state index contributed by atoms with van der Waals surface area (Å²) in [5.74, 6) is -1.14. The number of hydrogen-bond acceptors (Lipinski definition) is 4. The molecule has 1 aliphatic carbocycles. The van der Waals surface area contributed by atoms with E-state index in [1.54, 1.807) is 0 Å². The van der Waals surface area contributed by atoms with Crippen LogP contribution in [0.5, 0.6) is 0 Å². The Kier molecular flexibility index (Phi) is 3.27. The van der Waals surface area contributed by atoms with E-state index in [1.807, 2.05) is 6.92 Å². The summed E-state index contributed by atoms with van der Waals surface area (Å²) in [4.78, 5) is 10.7. The van der Waals surface area contributed by atoms with Crippen molar-refractivity contribution in [3.05, 3.63) is 23.8 Å². The fraction of sp³-hybridized carbons (Fsp3) is 0.417. The second-order valence-corrected chi connectivity index (χ2v) is 6.93. The van der Waals surface area contributed by atoms with E-state index in [0.29, 0.717) is 6.54 Å². The standard InChI is InChI=1S/C12H16N2O4S/c1-12(4-5-12)7-14-19(17,18)10-3-2-8(11(15)16)6-9(10)13/h2-3,6,14H,4-5,7,13H2,1H3,(H,15,16). The van der Waals surface area contributed by atoms with Gasteiger partial charge in [0.15, 0.2) is 0 Å². The molecule has 1 saturated carbocycles. The van der Waals surface area contributed by atoms with Crippen molar-refractivity contribution in [2.75, 3.05) is 12.3 Å². The van der Waals surface area contributed by atoms with Gasteiger partial charge in [-0.05, 0) is 36.5 Å². The van der Waals surface area contributed by atoms with E-state index in [0.717, 1.165) is 18.9 Å². The van der Waals surface area contributed by atoms with E-state index in [1.165, 1.54) is 12.1 Å². The van der Waals surface area contributed by atoms with Crippen LogP contribution in [0, 0.1) is 5.41 Å². The van der Waals surface area contributed by atoms with Crippen molar-refractivity contribution in [3.8, 4) is 0 Å². The third-order valence-electron chi connectivity index (χ3n) is 3.34. The van der Waals surface area contributed by atoms with Crippen molar-refractivity contribution in [1.29, 1.82) is 0 Å². The SMILES string of the molecule is CC1(CNS(=O)(=O)c2ccc(C(=O)O)cc2N)CC1. The Labute approximate surface area is 111 Å². The summed E-state index contributed by atoms with van der Waals surface area (Å²) in [7, 11) is -3.69. The van der Waals surface area contributed by atoms with Crippen molar-refractivity contribution in [2.45, 2.75) is 24.7 Å². The van der Waals surface area contributed by atoms with E-state index >= 15 is 0 Å². The Morgan fingerprint density at radius 3 is 2.58 bits per heavy atom. The molecule has 1 aliphatic rings. The van der Waals surface area contributed by atoms with Crippen LogP contribution in [0.1, 0.15) is 30.1 Å². The second kappa shape index (κ2) is 4.50. The van der Waals surface area contributed by atoms with Crippen molar-refractivity contribution in [2.24, 2.45) is 5.41 Å². The van der Waals surface area contributed by atoms with Crippen LogP contribution in [0.15, 0.2) is 23.1 Å². The Balaban J connectivity index is 2.22. The number of nitrogen functional groups attached to an aromatic ring is 1. The van der Waals surface area contributed by atoms with Crippen LogP contribution < -0.4 is 10.5 Å². The fourth-order valence-electron chi connectivity index (χ4n) is 1.66. The highest BCUT2D eigenvalue weighted by Crippen LogP contribution is 2.44. The number of sulfonamides is 1. The first kappa shape index (κ1) is 13.8. The summed E-state index contributed by atoms with van der Waals surface area (Å²) in [5, 5.41) is 8.80. The maximum atomic E-state index is 12.1. The summed E-state index contributed by atoms with van der Waals surface area (Å²) in [6.07, 6.45) is 2.01. The fourth-order valence-corrected chi connectivity index (χ4v) is 2.97. The van der Waals surface area contributed by atoms with Gasteiger partial charge in [0, 0.05) is 6.54 Å². The van der Waals surface area contributed by atoms with Crippen molar-refractivity contribution >= 4 is 21.7 Å². The van der Waals surface area contributed by atoms with Gasteiger partial charge in [-0.25, -0.2) is 17.9 Å². The van der Waals surface area contributed by atoms with Gasteiger partial charge in [0.2, 0.25) is 10.0 Å². The predicted octanol–water partition coefficient (Wildman–Crippen LogP) is 1.05. The highest BCUT2D eigenvalue weighted by atomic mass is 32.2. The lowest BCUT2D eigenvalue weighted by molar-refractivity contribution is 0.0697. The number of carbonyl (C=O) groups is 1. The van der Waals surface area contributed by atoms with E-state index < -0.39 is 16.0 Å². The van der Waals surface area contributed by atoms with Gasteiger partial charge in [-0.2, -0.15) is 0 Å². The number of hydrogen-bond donors (Lipinski definition) is 3. The average molecular weight is 284 g/mol. The third-order valence-corrected chi connectivity index (χ3v) is 4.81. The summed E-state index contributed by atoms with van der Waals surface area (Å²) < 4.78 is 26.7. The number of rotatable bonds is 5. The van der Waals surface area contributed by atoms with E-state index in [4.69, 9.17) is 10.8 Å². The molecule has 1 fully saturated rings. The minimum absolute atomic E-state index is 0.0365. The zero-order valence-corrected chi connectivity index (χ0v) is 11.3. The Morgan fingerprint density at radius 2 is 2.11 bits per heavy atom. The first-order valence-corrected chi connectivity index (χ1v) is 7.34. The Bertz CT molecular complexity index is 621. The zero-order chi connectivity index (χ0) is 14.3. The minimum Gasteiger partial charge on any atom is -0.478 e. The van der Waals surface area contributed by atoms with Crippen LogP contribution in [-0.2, 0) is 10.0 Å². The first-order valence-electron chi connectivity index (χ1n) is 5.86. The molecule has 6 nitrogen and oxygen atoms in total. The number of nitrogens with one attached hydrogen (secondary N) is 1. The molecule has 0 saturated heterocycles. The quantitative estimate of drug-likeness (QED) is 0.700. The number of carboxylic acids is 1. The molecular formula is C12H16N2O4S. The van der Waals surface area contributed by atoms with Gasteiger partial charge in [0.1, 0.15) is 4.90 Å². The third kappa shape index (κ3) is 3.05. The maximum absolute atomic E-state index is 12.1. The zero-order valence-electron chi connectivity index (χ0n) is 10.5. The highest BCUT2D eigenvalue weighted by Gasteiger charge is 2.38. The second-order valence-electron chi connectivity index (χ2n) is 5.19. The summed E-state index contributed by atoms with van der Waals surface area (Å²) in [6, 6.07) is 3.60. The molecule has 1 aromatic carbocycles. The number of nitrogens with two attached hydrogens (primary N) is 1. The Morgan fingerprint density at radius 1 is 1.47 bits per heavy atom. The molecule has 2 rings (SSSR count). The molecule has 1 aromatic rings. The molecule has 0 aliphatic heterocycles. The molecular weight excluding hydrogens is 268 g/mol. The number of benzene rings is 1. The lowest BCUT2D eigenvalue weighted by Gasteiger charge is -2.12. The predicted molar refractivity (Wildman–Crippen MR) is 70.3 cm³/mol. The van der Waals surface area contributed by atoms with Crippen LogP contribution in [-0.4, -0.2) is 26.0 Å². The number of aromatic carboxylic acids is 1. The molecule has 104 valence electrons. The van der Waals surface area contributed by atoms with E-state index in [-0.39, 0.29) is 21.6 Å². The Hall–Kier alpha value is -1.60. The van der Waals surface area contributed by atoms with E-state index in [2.05, 4.69) is 4.72 Å². The monoisotopic (exact) mass is 284 g/mol. The minimum atomic E-state index is -3.69. The highest BCUT2D eigenvalue weighted by molar-refractivity contribution is 7.89. The van der Waals surface area contributed by atoms with Gasteiger partial charge < -0.3 is 10.8 Å². The molecule has 0 aromatic heterocycles. The molecule has 0 atom stereocenters.